The lowest BCUT2D eigenvalue weighted by Crippen LogP contribution is -2.23. The van der Waals surface area contributed by atoms with Crippen molar-refractivity contribution in [1.82, 2.24) is 29.8 Å². The minimum absolute atomic E-state index is 0.0221. The molecule has 1 aliphatic rings. The number of aryl methyl sites for hydroxylation is 1. The predicted octanol–water partition coefficient (Wildman–Crippen LogP) is 3.56. The average Bonchev–Trinajstić information content (AvgIpc) is 3.36. The van der Waals surface area contributed by atoms with Gasteiger partial charge in [0.15, 0.2) is 11.3 Å². The molecular weight excluding hydrogens is 431 g/mol. The van der Waals surface area contributed by atoms with E-state index in [-0.39, 0.29) is 23.2 Å². The molecule has 1 aromatic carbocycles. The number of nitrogens with one attached hydrogen (secondary N) is 1. The van der Waals surface area contributed by atoms with Crippen LogP contribution in [0.15, 0.2) is 36.7 Å². The van der Waals surface area contributed by atoms with Crippen molar-refractivity contribution >= 4 is 37.4 Å². The molecule has 1 fully saturated rings. The first-order valence-electron chi connectivity index (χ1n) is 10.4. The molecule has 32 heavy (non-hydrogen) atoms. The van der Waals surface area contributed by atoms with Gasteiger partial charge in [-0.15, -0.1) is 0 Å². The first kappa shape index (κ1) is 19.3. The van der Waals surface area contributed by atoms with Crippen molar-refractivity contribution < 1.29 is 12.8 Å². The summed E-state index contributed by atoms with van der Waals surface area (Å²) in [5, 5.41) is 13.6. The van der Waals surface area contributed by atoms with Crippen LogP contribution in [-0.4, -0.2) is 49.7 Å². The Hall–Kier alpha value is -3.40. The van der Waals surface area contributed by atoms with E-state index in [1.807, 2.05) is 13.0 Å². The fourth-order valence-corrected chi connectivity index (χ4v) is 6.05. The van der Waals surface area contributed by atoms with Crippen LogP contribution in [0.2, 0.25) is 0 Å². The smallest absolute Gasteiger partial charge is 0.186 e. The minimum atomic E-state index is -2.99. The lowest BCUT2D eigenvalue weighted by atomic mass is 9.95. The number of aromatic nitrogens is 6. The van der Waals surface area contributed by atoms with Gasteiger partial charge in [-0.1, -0.05) is 0 Å². The van der Waals surface area contributed by atoms with Gasteiger partial charge in [-0.2, -0.15) is 14.7 Å². The van der Waals surface area contributed by atoms with Gasteiger partial charge >= 0.3 is 0 Å². The first-order chi connectivity index (χ1) is 15.4. The van der Waals surface area contributed by atoms with Crippen LogP contribution >= 0.6 is 0 Å². The van der Waals surface area contributed by atoms with Gasteiger partial charge in [-0.3, -0.25) is 10.1 Å². The molecule has 162 valence electrons. The Balaban J connectivity index is 1.56. The summed E-state index contributed by atoms with van der Waals surface area (Å²) in [7, 11) is -2.99. The highest BCUT2D eigenvalue weighted by Crippen LogP contribution is 2.36. The number of sulfone groups is 1. The lowest BCUT2D eigenvalue weighted by molar-refractivity contribution is 0.546. The fourth-order valence-electron chi connectivity index (χ4n) is 4.56. The molecule has 8 nitrogen and oxygen atoms in total. The lowest BCUT2D eigenvalue weighted by Gasteiger charge is -2.22. The normalized spacial score (nSPS) is 16.9. The van der Waals surface area contributed by atoms with Crippen molar-refractivity contribution in [1.29, 1.82) is 0 Å². The van der Waals surface area contributed by atoms with Crippen LogP contribution in [0, 0.1) is 12.7 Å². The fraction of sp³-hybridized carbons (Fsp3) is 0.273. The Kier molecular flexibility index (Phi) is 4.10. The first-order valence-corrected chi connectivity index (χ1v) is 12.2. The molecule has 5 heterocycles. The highest BCUT2D eigenvalue weighted by Gasteiger charge is 2.29. The Morgan fingerprint density at radius 2 is 1.94 bits per heavy atom. The summed E-state index contributed by atoms with van der Waals surface area (Å²) in [5.41, 5.74) is 5.22. The number of halogens is 1. The van der Waals surface area contributed by atoms with E-state index in [9.17, 15) is 12.8 Å². The molecule has 0 bridgehead atoms. The molecule has 1 N–H and O–H groups in total. The van der Waals surface area contributed by atoms with Crippen LogP contribution in [0.1, 0.15) is 30.1 Å². The summed E-state index contributed by atoms with van der Waals surface area (Å²) >= 11 is 0. The Morgan fingerprint density at radius 3 is 2.75 bits per heavy atom. The van der Waals surface area contributed by atoms with Gasteiger partial charge < -0.3 is 0 Å². The quantitative estimate of drug-likeness (QED) is 0.441. The second-order valence-corrected chi connectivity index (χ2v) is 10.6. The molecule has 0 saturated carbocycles. The summed E-state index contributed by atoms with van der Waals surface area (Å²) in [6.45, 7) is 1.93. The predicted molar refractivity (Wildman–Crippen MR) is 119 cm³/mol. The number of pyridine rings is 1. The number of aromatic amines is 1. The third-order valence-corrected chi connectivity index (χ3v) is 7.97. The van der Waals surface area contributed by atoms with Gasteiger partial charge in [-0.25, -0.2) is 17.8 Å². The molecule has 0 amide bonds. The largest absolute Gasteiger partial charge is 0.280 e. The Morgan fingerprint density at radius 1 is 1.12 bits per heavy atom. The summed E-state index contributed by atoms with van der Waals surface area (Å²) < 4.78 is 39.4. The van der Waals surface area contributed by atoms with Crippen molar-refractivity contribution in [2.24, 2.45) is 0 Å². The van der Waals surface area contributed by atoms with E-state index in [0.29, 0.717) is 35.0 Å². The topological polar surface area (TPSA) is 106 Å². The SMILES string of the molecule is Cc1[nH]nc2c1c(C1CCS(=O)(=O)CC1)nc1c(-c3cnc4ccc(F)cc4c3)cnn12. The molecule has 1 aliphatic heterocycles. The number of benzene rings is 1. The molecule has 5 aromatic rings. The monoisotopic (exact) mass is 450 g/mol. The zero-order valence-corrected chi connectivity index (χ0v) is 18.0. The number of H-pyrrole nitrogens is 1. The van der Waals surface area contributed by atoms with Crippen LogP contribution in [0.4, 0.5) is 4.39 Å². The van der Waals surface area contributed by atoms with E-state index < -0.39 is 9.84 Å². The standard InChI is InChI=1S/C22H19FN6O2S/c1-12-19-20(13-4-6-32(30,31)7-5-13)26-21-17(11-25-29(21)22(19)28-27-12)15-8-14-9-16(23)2-3-18(14)24-10-15/h2-3,8-11,13H,4-7H2,1H3,(H,27,28). The molecule has 4 aromatic heterocycles. The van der Waals surface area contributed by atoms with Crippen molar-refractivity contribution in [3.8, 4) is 11.1 Å². The van der Waals surface area contributed by atoms with Gasteiger partial charge in [0, 0.05) is 34.3 Å². The van der Waals surface area contributed by atoms with Gasteiger partial charge in [0.2, 0.25) is 0 Å². The zero-order chi connectivity index (χ0) is 22.0. The molecule has 0 atom stereocenters. The van der Waals surface area contributed by atoms with E-state index in [4.69, 9.17) is 4.98 Å². The second kappa shape index (κ2) is 6.80. The molecule has 0 radical (unpaired) electrons. The molecule has 0 spiro atoms. The minimum Gasteiger partial charge on any atom is -0.280 e. The van der Waals surface area contributed by atoms with E-state index >= 15 is 0 Å². The Labute approximate surface area is 182 Å². The maximum atomic E-state index is 13.7. The van der Waals surface area contributed by atoms with Gasteiger partial charge in [-0.05, 0) is 44.0 Å². The van der Waals surface area contributed by atoms with Crippen LogP contribution in [0.5, 0.6) is 0 Å². The summed E-state index contributed by atoms with van der Waals surface area (Å²) in [4.78, 5) is 9.45. The average molecular weight is 450 g/mol. The number of hydrogen-bond acceptors (Lipinski definition) is 6. The molecule has 10 heteroatoms. The van der Waals surface area contributed by atoms with Crippen LogP contribution < -0.4 is 0 Å². The van der Waals surface area contributed by atoms with E-state index in [1.165, 1.54) is 12.1 Å². The van der Waals surface area contributed by atoms with Crippen LogP contribution in [0.25, 0.3) is 38.7 Å². The van der Waals surface area contributed by atoms with Crippen LogP contribution in [-0.2, 0) is 9.84 Å². The second-order valence-electron chi connectivity index (χ2n) is 8.33. The van der Waals surface area contributed by atoms with Crippen molar-refractivity contribution in [2.75, 3.05) is 11.5 Å². The summed E-state index contributed by atoms with van der Waals surface area (Å²) in [6, 6.07) is 6.36. The maximum Gasteiger partial charge on any atom is 0.186 e. The molecule has 6 rings (SSSR count). The van der Waals surface area contributed by atoms with Gasteiger partial charge in [0.1, 0.15) is 15.7 Å². The highest BCUT2D eigenvalue weighted by molar-refractivity contribution is 7.91. The van der Waals surface area contributed by atoms with Crippen LogP contribution in [0.3, 0.4) is 0 Å². The van der Waals surface area contributed by atoms with E-state index in [1.54, 1.807) is 23.0 Å². The van der Waals surface area contributed by atoms with Crippen molar-refractivity contribution in [3.05, 3.63) is 53.9 Å². The maximum absolute atomic E-state index is 13.7. The van der Waals surface area contributed by atoms with E-state index in [2.05, 4.69) is 20.3 Å². The Bertz CT molecular complexity index is 1630. The van der Waals surface area contributed by atoms with Crippen molar-refractivity contribution in [2.45, 2.75) is 25.7 Å². The van der Waals surface area contributed by atoms with Gasteiger partial charge in [0.25, 0.3) is 0 Å². The molecule has 0 unspecified atom stereocenters. The molecular formula is C22H19FN6O2S. The van der Waals surface area contributed by atoms with Crippen molar-refractivity contribution in [3.63, 3.8) is 0 Å². The third-order valence-electron chi connectivity index (χ3n) is 6.25. The summed E-state index contributed by atoms with van der Waals surface area (Å²) in [5.74, 6) is 0.0243. The van der Waals surface area contributed by atoms with Gasteiger partial charge in [0.05, 0.1) is 34.3 Å². The molecule has 0 aliphatic carbocycles. The van der Waals surface area contributed by atoms with E-state index in [0.717, 1.165) is 27.9 Å². The zero-order valence-electron chi connectivity index (χ0n) is 17.2. The number of rotatable bonds is 2. The number of nitrogens with zero attached hydrogens (tertiary/aromatic N) is 5. The third kappa shape index (κ3) is 2.97. The number of fused-ring (bicyclic) bond motifs is 4. The number of hydrogen-bond donors (Lipinski definition) is 1. The highest BCUT2D eigenvalue weighted by atomic mass is 32.2. The summed E-state index contributed by atoms with van der Waals surface area (Å²) in [6.07, 6.45) is 4.51. The molecule has 1 saturated heterocycles.